The Kier molecular flexibility index (Phi) is 16.2. The Morgan fingerprint density at radius 1 is 1.00 bits per heavy atom. The first kappa shape index (κ1) is 9.16. The first-order chi connectivity index (χ1) is 1.91. The quantitative estimate of drug-likeness (QED) is 0.467. The van der Waals surface area contributed by atoms with Gasteiger partial charge in [0, 0.05) is 0 Å². The van der Waals surface area contributed by atoms with E-state index < -0.39 is 0 Å². The van der Waals surface area contributed by atoms with E-state index in [1.807, 2.05) is 0 Å². The van der Waals surface area contributed by atoms with Crippen LogP contribution < -0.4 is 0 Å². The topological polar surface area (TPSA) is 0 Å². The zero-order chi connectivity index (χ0) is 3.41. The van der Waals surface area contributed by atoms with Crippen molar-refractivity contribution in [2.45, 2.75) is 26.7 Å². The van der Waals surface area contributed by atoms with E-state index >= 15 is 0 Å². The summed E-state index contributed by atoms with van der Waals surface area (Å²) in [5.41, 5.74) is 0. The van der Waals surface area contributed by atoms with Crippen molar-refractivity contribution in [3.8, 4) is 0 Å². The molecule has 0 saturated carbocycles. The summed E-state index contributed by atoms with van der Waals surface area (Å²) >= 11 is 0. The fourth-order valence-corrected chi connectivity index (χ4v) is 0. The SMILES string of the molecule is CCCC.[Zn+2]. The first-order valence-electron chi connectivity index (χ1n) is 1.91. The summed E-state index contributed by atoms with van der Waals surface area (Å²) in [4.78, 5) is 0. The van der Waals surface area contributed by atoms with Gasteiger partial charge in [-0.05, 0) is 0 Å². The van der Waals surface area contributed by atoms with Crippen LogP contribution in [-0.2, 0) is 19.5 Å². The van der Waals surface area contributed by atoms with Crippen LogP contribution in [0.5, 0.6) is 0 Å². The Balaban J connectivity index is 0. The van der Waals surface area contributed by atoms with Crippen LogP contribution in [0.15, 0.2) is 0 Å². The molecule has 0 nitrogen and oxygen atoms in total. The van der Waals surface area contributed by atoms with Gasteiger partial charge in [0.05, 0.1) is 0 Å². The molecule has 0 saturated heterocycles. The fraction of sp³-hybridized carbons (Fsp3) is 1.00. The van der Waals surface area contributed by atoms with E-state index in [1.54, 1.807) is 0 Å². The number of unbranched alkanes of at least 4 members (excludes halogenated alkanes) is 1. The van der Waals surface area contributed by atoms with Gasteiger partial charge in [0.15, 0.2) is 0 Å². The van der Waals surface area contributed by atoms with Crippen molar-refractivity contribution in [1.29, 1.82) is 0 Å². The monoisotopic (exact) mass is 122 g/mol. The molecule has 0 bridgehead atoms. The van der Waals surface area contributed by atoms with Gasteiger partial charge in [-0.3, -0.25) is 0 Å². The molecular weight excluding hydrogens is 113 g/mol. The van der Waals surface area contributed by atoms with Crippen LogP contribution in [0.25, 0.3) is 0 Å². The molecule has 0 aromatic rings. The molecule has 0 atom stereocenters. The Hall–Kier alpha value is 0.623. The minimum absolute atomic E-state index is 0. The van der Waals surface area contributed by atoms with Gasteiger partial charge in [0.1, 0.15) is 0 Å². The molecule has 0 aliphatic carbocycles. The molecule has 0 amide bonds. The van der Waals surface area contributed by atoms with Gasteiger partial charge in [-0.1, -0.05) is 26.7 Å². The van der Waals surface area contributed by atoms with Crippen molar-refractivity contribution in [2.24, 2.45) is 0 Å². The molecule has 1 heteroatoms. The van der Waals surface area contributed by atoms with E-state index in [2.05, 4.69) is 13.8 Å². The molecule has 26 valence electrons. The normalized spacial score (nSPS) is 6.00. The second-order valence-electron chi connectivity index (χ2n) is 1.000. The van der Waals surface area contributed by atoms with Gasteiger partial charge in [0.25, 0.3) is 0 Å². The van der Waals surface area contributed by atoms with Crippen molar-refractivity contribution < 1.29 is 19.5 Å². The molecule has 0 fully saturated rings. The van der Waals surface area contributed by atoms with Crippen LogP contribution in [0.1, 0.15) is 26.7 Å². The Morgan fingerprint density at radius 2 is 1.20 bits per heavy atom. The average Bonchev–Trinajstić information content (AvgIpc) is 1.37. The zero-order valence-corrected chi connectivity index (χ0v) is 7.09. The van der Waals surface area contributed by atoms with Crippen LogP contribution >= 0.6 is 0 Å². The van der Waals surface area contributed by atoms with E-state index in [-0.39, 0.29) is 19.5 Å². The van der Waals surface area contributed by atoms with Crippen LogP contribution in [0.4, 0.5) is 0 Å². The summed E-state index contributed by atoms with van der Waals surface area (Å²) in [6.45, 7) is 4.36. The van der Waals surface area contributed by atoms with Gasteiger partial charge in [0.2, 0.25) is 0 Å². The van der Waals surface area contributed by atoms with Crippen LogP contribution in [0.2, 0.25) is 0 Å². The van der Waals surface area contributed by atoms with Crippen LogP contribution in [0.3, 0.4) is 0 Å². The predicted molar refractivity (Wildman–Crippen MR) is 20.6 cm³/mol. The maximum atomic E-state index is 2.18. The zero-order valence-electron chi connectivity index (χ0n) is 4.12. The molecule has 0 aliphatic rings. The number of hydrogen-bond acceptors (Lipinski definition) is 0. The summed E-state index contributed by atoms with van der Waals surface area (Å²) in [6, 6.07) is 0. The van der Waals surface area contributed by atoms with Crippen LogP contribution in [-0.4, -0.2) is 0 Å². The van der Waals surface area contributed by atoms with E-state index in [9.17, 15) is 0 Å². The maximum Gasteiger partial charge on any atom is 2.00 e. The van der Waals surface area contributed by atoms with E-state index in [1.165, 1.54) is 12.8 Å². The van der Waals surface area contributed by atoms with Gasteiger partial charge in [-0.25, -0.2) is 0 Å². The molecule has 0 unspecified atom stereocenters. The van der Waals surface area contributed by atoms with Crippen molar-refractivity contribution in [3.63, 3.8) is 0 Å². The maximum absolute atomic E-state index is 2.18. The summed E-state index contributed by atoms with van der Waals surface area (Å²) in [5.74, 6) is 0. The first-order valence-corrected chi connectivity index (χ1v) is 1.91. The molecule has 0 radical (unpaired) electrons. The fourth-order valence-electron chi connectivity index (χ4n) is 0. The number of hydrogen-bond donors (Lipinski definition) is 0. The molecule has 0 spiro atoms. The minimum Gasteiger partial charge on any atom is -0.0654 e. The van der Waals surface area contributed by atoms with Gasteiger partial charge in [-0.2, -0.15) is 0 Å². The summed E-state index contributed by atoms with van der Waals surface area (Å²) in [7, 11) is 0. The van der Waals surface area contributed by atoms with Gasteiger partial charge in [-0.15, -0.1) is 0 Å². The van der Waals surface area contributed by atoms with Gasteiger partial charge >= 0.3 is 19.5 Å². The molecule has 0 aromatic heterocycles. The molecule has 0 rings (SSSR count). The third-order valence-electron chi connectivity index (χ3n) is 0.500. The Labute approximate surface area is 46.7 Å². The van der Waals surface area contributed by atoms with Crippen molar-refractivity contribution in [1.82, 2.24) is 0 Å². The van der Waals surface area contributed by atoms with Gasteiger partial charge < -0.3 is 0 Å². The summed E-state index contributed by atoms with van der Waals surface area (Å²) < 4.78 is 0. The molecule has 0 N–H and O–H groups in total. The van der Waals surface area contributed by atoms with Crippen molar-refractivity contribution in [3.05, 3.63) is 0 Å². The van der Waals surface area contributed by atoms with Crippen molar-refractivity contribution >= 4 is 0 Å². The summed E-state index contributed by atoms with van der Waals surface area (Å²) in [5, 5.41) is 0. The second kappa shape index (κ2) is 8.82. The Bertz CT molecular complexity index is 5.61. The molecule has 0 heterocycles. The predicted octanol–water partition coefficient (Wildman–Crippen LogP) is 1.80. The molecule has 0 aromatic carbocycles. The smallest absolute Gasteiger partial charge is 0.0654 e. The third-order valence-corrected chi connectivity index (χ3v) is 0.500. The van der Waals surface area contributed by atoms with Crippen molar-refractivity contribution in [2.75, 3.05) is 0 Å². The van der Waals surface area contributed by atoms with E-state index in [0.29, 0.717) is 0 Å². The third kappa shape index (κ3) is 12.1. The average molecular weight is 124 g/mol. The summed E-state index contributed by atoms with van der Waals surface area (Å²) in [6.07, 6.45) is 2.64. The molecular formula is C4H10Zn+2. The molecule has 0 aliphatic heterocycles. The Morgan fingerprint density at radius 3 is 1.20 bits per heavy atom. The molecule has 5 heavy (non-hydrogen) atoms. The minimum atomic E-state index is 0. The standard InChI is InChI=1S/C4H10.Zn/c1-3-4-2;/h3-4H2,1-2H3;/q;+2. The number of rotatable bonds is 1. The second-order valence-corrected chi connectivity index (χ2v) is 1.000. The van der Waals surface area contributed by atoms with E-state index in [0.717, 1.165) is 0 Å². The largest absolute Gasteiger partial charge is 2.00 e. The van der Waals surface area contributed by atoms with Crippen LogP contribution in [0, 0.1) is 0 Å². The van der Waals surface area contributed by atoms with E-state index in [4.69, 9.17) is 0 Å².